The van der Waals surface area contributed by atoms with E-state index in [0.29, 0.717) is 30.6 Å². The first kappa shape index (κ1) is 17.6. The third kappa shape index (κ3) is 3.16. The van der Waals surface area contributed by atoms with Crippen molar-refractivity contribution >= 4 is 26.4 Å². The lowest BCUT2D eigenvalue weighted by Gasteiger charge is -2.39. The second-order valence-electron chi connectivity index (χ2n) is 7.12. The van der Waals surface area contributed by atoms with Crippen LogP contribution in [0.4, 0.5) is 14.5 Å². The summed E-state index contributed by atoms with van der Waals surface area (Å²) in [5.41, 5.74) is 1.55. The van der Waals surface area contributed by atoms with Crippen LogP contribution in [0.25, 0.3) is 10.9 Å². The van der Waals surface area contributed by atoms with E-state index in [1.54, 1.807) is 13.0 Å². The molecule has 2 saturated heterocycles. The Hall–Kier alpha value is -1.80. The molecule has 2 aromatic rings. The molecule has 0 saturated carbocycles. The minimum absolute atomic E-state index is 0.0596. The van der Waals surface area contributed by atoms with Gasteiger partial charge in [-0.3, -0.25) is 4.90 Å². The first-order chi connectivity index (χ1) is 12.3. The Bertz CT molecular complexity index is 957. The number of rotatable bonds is 2. The van der Waals surface area contributed by atoms with E-state index in [2.05, 4.69) is 14.8 Å². The molecule has 1 unspecified atom stereocenters. The van der Waals surface area contributed by atoms with Gasteiger partial charge < -0.3 is 4.90 Å². The van der Waals surface area contributed by atoms with E-state index in [4.69, 9.17) is 0 Å². The predicted octanol–water partition coefficient (Wildman–Crippen LogP) is 2.13. The van der Waals surface area contributed by atoms with Crippen LogP contribution in [0.2, 0.25) is 0 Å². The zero-order chi connectivity index (χ0) is 18.5. The van der Waals surface area contributed by atoms with E-state index in [1.165, 1.54) is 0 Å². The molecule has 0 amide bonds. The minimum atomic E-state index is -2.89. The summed E-state index contributed by atoms with van der Waals surface area (Å²) in [6.45, 7) is 4.72. The van der Waals surface area contributed by atoms with Crippen LogP contribution in [0.1, 0.15) is 12.1 Å². The standard InChI is InChI=1S/C18H21F2N3O2S/c1-12-10-16(14-2-3-15(19)17(20)18(14)21-12)23-7-5-22(6-8-23)13-4-9-26(24,25)11-13/h2-3,10,13H,4-9,11H2,1H3. The largest absolute Gasteiger partial charge is 0.368 e. The van der Waals surface area contributed by atoms with Gasteiger partial charge in [-0.15, -0.1) is 0 Å². The summed E-state index contributed by atoms with van der Waals surface area (Å²) >= 11 is 0. The number of sulfone groups is 1. The molecule has 0 N–H and O–H groups in total. The van der Waals surface area contributed by atoms with E-state index in [-0.39, 0.29) is 23.1 Å². The van der Waals surface area contributed by atoms with E-state index < -0.39 is 21.5 Å². The van der Waals surface area contributed by atoms with Gasteiger partial charge in [-0.05, 0) is 31.5 Å². The van der Waals surface area contributed by atoms with Crippen molar-refractivity contribution in [2.45, 2.75) is 19.4 Å². The molecule has 140 valence electrons. The summed E-state index contributed by atoms with van der Waals surface area (Å²) in [5.74, 6) is -1.29. The van der Waals surface area contributed by atoms with Crippen LogP contribution < -0.4 is 4.90 Å². The Morgan fingerprint density at radius 3 is 2.54 bits per heavy atom. The van der Waals surface area contributed by atoms with Crippen molar-refractivity contribution in [2.24, 2.45) is 0 Å². The molecule has 0 radical (unpaired) electrons. The summed E-state index contributed by atoms with van der Waals surface area (Å²) in [7, 11) is -2.89. The van der Waals surface area contributed by atoms with Gasteiger partial charge in [-0.2, -0.15) is 0 Å². The molecular formula is C18H21F2N3O2S. The normalized spacial score (nSPS) is 23.7. The molecule has 2 fully saturated rings. The molecule has 1 atom stereocenters. The van der Waals surface area contributed by atoms with Crippen LogP contribution in [-0.2, 0) is 9.84 Å². The zero-order valence-corrected chi connectivity index (χ0v) is 15.4. The molecule has 3 heterocycles. The number of aromatic nitrogens is 1. The monoisotopic (exact) mass is 381 g/mol. The molecule has 1 aromatic heterocycles. The number of piperazine rings is 1. The molecule has 4 rings (SSSR count). The summed E-state index contributed by atoms with van der Waals surface area (Å²) in [6.07, 6.45) is 0.699. The van der Waals surface area contributed by atoms with Gasteiger partial charge in [-0.1, -0.05) is 0 Å². The van der Waals surface area contributed by atoms with Gasteiger partial charge in [0.15, 0.2) is 21.5 Å². The van der Waals surface area contributed by atoms with Crippen LogP contribution in [0.15, 0.2) is 18.2 Å². The van der Waals surface area contributed by atoms with Crippen LogP contribution >= 0.6 is 0 Å². The minimum Gasteiger partial charge on any atom is -0.368 e. The van der Waals surface area contributed by atoms with Crippen molar-refractivity contribution in [3.05, 3.63) is 35.5 Å². The maximum atomic E-state index is 14.1. The average molecular weight is 381 g/mol. The number of fused-ring (bicyclic) bond motifs is 1. The number of anilines is 1. The van der Waals surface area contributed by atoms with E-state index in [9.17, 15) is 17.2 Å². The third-order valence-electron chi connectivity index (χ3n) is 5.36. The van der Waals surface area contributed by atoms with Gasteiger partial charge >= 0.3 is 0 Å². The molecule has 2 aliphatic heterocycles. The topological polar surface area (TPSA) is 53.5 Å². The van der Waals surface area contributed by atoms with Gasteiger partial charge in [-0.25, -0.2) is 22.2 Å². The molecule has 0 aliphatic carbocycles. The van der Waals surface area contributed by atoms with Crippen LogP contribution in [0.3, 0.4) is 0 Å². The maximum absolute atomic E-state index is 14.1. The highest BCUT2D eigenvalue weighted by molar-refractivity contribution is 7.91. The Labute approximate surface area is 151 Å². The number of pyridine rings is 1. The van der Waals surface area contributed by atoms with Gasteiger partial charge in [0.2, 0.25) is 0 Å². The van der Waals surface area contributed by atoms with Crippen LogP contribution in [0, 0.1) is 18.6 Å². The summed E-state index contributed by atoms with van der Waals surface area (Å²) in [4.78, 5) is 8.55. The Kier molecular flexibility index (Phi) is 4.35. The summed E-state index contributed by atoms with van der Waals surface area (Å²) < 4.78 is 51.1. The molecule has 5 nitrogen and oxygen atoms in total. The van der Waals surface area contributed by atoms with Crippen molar-refractivity contribution in [3.63, 3.8) is 0 Å². The first-order valence-electron chi connectivity index (χ1n) is 8.79. The highest BCUT2D eigenvalue weighted by atomic mass is 32.2. The molecule has 0 spiro atoms. The predicted molar refractivity (Wildman–Crippen MR) is 97.2 cm³/mol. The fourth-order valence-electron chi connectivity index (χ4n) is 3.99. The van der Waals surface area contributed by atoms with Crippen molar-refractivity contribution < 1.29 is 17.2 Å². The SMILES string of the molecule is Cc1cc(N2CCN(C3CCS(=O)(=O)C3)CC2)c2ccc(F)c(F)c2n1. The molecular weight excluding hydrogens is 360 g/mol. The quantitative estimate of drug-likeness (QED) is 0.798. The second-order valence-corrected chi connectivity index (χ2v) is 9.35. The van der Waals surface area contributed by atoms with E-state index in [1.807, 2.05) is 6.07 Å². The van der Waals surface area contributed by atoms with Crippen molar-refractivity contribution in [2.75, 3.05) is 42.6 Å². The molecule has 1 aromatic carbocycles. The van der Waals surface area contributed by atoms with Gasteiger partial charge in [0.05, 0.1) is 11.5 Å². The lowest BCUT2D eigenvalue weighted by atomic mass is 10.1. The zero-order valence-electron chi connectivity index (χ0n) is 14.6. The van der Waals surface area contributed by atoms with Gasteiger partial charge in [0.25, 0.3) is 0 Å². The van der Waals surface area contributed by atoms with E-state index >= 15 is 0 Å². The molecule has 2 aliphatic rings. The highest BCUT2D eigenvalue weighted by Gasteiger charge is 2.34. The van der Waals surface area contributed by atoms with Gasteiger partial charge in [0, 0.05) is 49.0 Å². The summed E-state index contributed by atoms with van der Waals surface area (Å²) in [6, 6.07) is 4.71. The lowest BCUT2D eigenvalue weighted by Crippen LogP contribution is -2.50. The lowest BCUT2D eigenvalue weighted by molar-refractivity contribution is 0.200. The number of aryl methyl sites for hydroxylation is 1. The molecule has 8 heteroatoms. The summed E-state index contributed by atoms with van der Waals surface area (Å²) in [5, 5.41) is 0.603. The second kappa shape index (κ2) is 6.42. The number of halogens is 2. The number of nitrogens with zero attached hydrogens (tertiary/aromatic N) is 3. The Morgan fingerprint density at radius 2 is 1.88 bits per heavy atom. The fourth-order valence-corrected chi connectivity index (χ4v) is 5.75. The van der Waals surface area contributed by atoms with Crippen molar-refractivity contribution in [1.82, 2.24) is 9.88 Å². The van der Waals surface area contributed by atoms with E-state index in [0.717, 1.165) is 24.8 Å². The fraction of sp³-hybridized carbons (Fsp3) is 0.500. The number of hydrogen-bond acceptors (Lipinski definition) is 5. The van der Waals surface area contributed by atoms with Gasteiger partial charge in [0.1, 0.15) is 5.52 Å². The maximum Gasteiger partial charge on any atom is 0.185 e. The number of benzene rings is 1. The highest BCUT2D eigenvalue weighted by Crippen LogP contribution is 2.30. The van der Waals surface area contributed by atoms with Crippen molar-refractivity contribution in [3.8, 4) is 0 Å². The molecule has 0 bridgehead atoms. The average Bonchev–Trinajstić information content (AvgIpc) is 2.98. The first-order valence-corrected chi connectivity index (χ1v) is 10.6. The Balaban J connectivity index is 1.57. The number of hydrogen-bond donors (Lipinski definition) is 0. The smallest absolute Gasteiger partial charge is 0.185 e. The molecule has 26 heavy (non-hydrogen) atoms. The third-order valence-corrected chi connectivity index (χ3v) is 7.11. The van der Waals surface area contributed by atoms with Crippen LogP contribution in [0.5, 0.6) is 0 Å². The van der Waals surface area contributed by atoms with Crippen molar-refractivity contribution in [1.29, 1.82) is 0 Å². The Morgan fingerprint density at radius 1 is 1.15 bits per heavy atom. The van der Waals surface area contributed by atoms with Crippen LogP contribution in [-0.4, -0.2) is 62.0 Å².